The topological polar surface area (TPSA) is 43.4 Å². The maximum atomic E-state index is 12.4. The molecule has 2 rings (SSSR count). The molecule has 0 bridgehead atoms. The predicted molar refractivity (Wildman–Crippen MR) is 78.4 cm³/mol. The highest BCUT2D eigenvalue weighted by Gasteiger charge is 2.38. The third-order valence-electron chi connectivity index (χ3n) is 4.20. The molecule has 0 spiro atoms. The molecule has 0 N–H and O–H groups in total. The van der Waals surface area contributed by atoms with Crippen LogP contribution in [0.2, 0.25) is 0 Å². The van der Waals surface area contributed by atoms with Crippen LogP contribution in [0.1, 0.15) is 32.3 Å². The van der Waals surface area contributed by atoms with Gasteiger partial charge in [-0.2, -0.15) is 13.1 Å². The van der Waals surface area contributed by atoms with Crippen molar-refractivity contribution in [2.45, 2.75) is 38.5 Å². The summed E-state index contributed by atoms with van der Waals surface area (Å²) in [5.74, 6) is 0.651. The van der Waals surface area contributed by atoms with Gasteiger partial charge in [0.25, 0.3) is 0 Å². The lowest BCUT2D eigenvalue weighted by Crippen LogP contribution is -2.53. The van der Waals surface area contributed by atoms with Crippen molar-refractivity contribution in [2.24, 2.45) is 5.92 Å². The van der Waals surface area contributed by atoms with Gasteiger partial charge in [-0.15, -0.1) is 0 Å². The number of hydrogen-bond acceptors (Lipinski definition) is 3. The first-order valence-electron chi connectivity index (χ1n) is 7.26. The minimum absolute atomic E-state index is 0.223. The highest BCUT2D eigenvalue weighted by atomic mass is 32.2. The first-order chi connectivity index (χ1) is 9.37. The zero-order valence-electron chi connectivity index (χ0n) is 12.5. The second-order valence-corrected chi connectivity index (χ2v) is 7.37. The fourth-order valence-electron chi connectivity index (χ4n) is 2.57. The Morgan fingerprint density at radius 1 is 1.20 bits per heavy atom. The van der Waals surface area contributed by atoms with E-state index in [-0.39, 0.29) is 9.54 Å². The zero-order valence-corrected chi connectivity index (χ0v) is 13.3. The summed E-state index contributed by atoms with van der Waals surface area (Å²) in [6, 6.07) is 6.82. The molecule has 112 valence electrons. The summed E-state index contributed by atoms with van der Waals surface area (Å²) in [5.41, 5.74) is 1.04. The van der Waals surface area contributed by atoms with E-state index in [1.807, 2.05) is 13.8 Å². The van der Waals surface area contributed by atoms with E-state index in [0.717, 1.165) is 31.5 Å². The van der Waals surface area contributed by atoms with E-state index < -0.39 is 10.1 Å². The molecular formula is C15H24NO3S+. The van der Waals surface area contributed by atoms with Gasteiger partial charge >= 0.3 is 10.1 Å². The number of quaternary nitrogens is 1. The zero-order chi connectivity index (χ0) is 14.8. The van der Waals surface area contributed by atoms with Crippen LogP contribution in [0.5, 0.6) is 0 Å². The van der Waals surface area contributed by atoms with Gasteiger partial charge in [0.05, 0.1) is 4.90 Å². The lowest BCUT2D eigenvalue weighted by molar-refractivity contribution is -1.08. The van der Waals surface area contributed by atoms with Crippen LogP contribution in [0.4, 0.5) is 0 Å². The van der Waals surface area contributed by atoms with Crippen LogP contribution in [0.15, 0.2) is 29.2 Å². The molecule has 0 aliphatic carbocycles. The van der Waals surface area contributed by atoms with E-state index in [1.165, 1.54) is 0 Å². The summed E-state index contributed by atoms with van der Waals surface area (Å²) in [7, 11) is -3.69. The highest BCUT2D eigenvalue weighted by molar-refractivity contribution is 7.86. The van der Waals surface area contributed by atoms with Gasteiger partial charge in [-0.1, -0.05) is 28.9 Å². The van der Waals surface area contributed by atoms with Crippen LogP contribution in [0, 0.1) is 12.8 Å². The average molecular weight is 298 g/mol. The van der Waals surface area contributed by atoms with E-state index in [4.69, 9.17) is 4.28 Å². The Balaban J connectivity index is 2.20. The highest BCUT2D eigenvalue weighted by Crippen LogP contribution is 2.27. The first-order valence-corrected chi connectivity index (χ1v) is 8.67. The third-order valence-corrected chi connectivity index (χ3v) is 5.56. The molecule has 1 heterocycles. The molecule has 1 aliphatic rings. The lowest BCUT2D eigenvalue weighted by atomic mass is 9.99. The second-order valence-electron chi connectivity index (χ2n) is 5.85. The van der Waals surface area contributed by atoms with Gasteiger partial charge in [0.1, 0.15) is 19.6 Å². The van der Waals surface area contributed by atoms with Crippen LogP contribution in [0.25, 0.3) is 0 Å². The van der Waals surface area contributed by atoms with Crippen LogP contribution < -0.4 is 0 Å². The normalized spacial score (nSPS) is 27.4. The summed E-state index contributed by atoms with van der Waals surface area (Å²) < 4.78 is 30.7. The van der Waals surface area contributed by atoms with Crippen molar-refractivity contribution in [3.05, 3.63) is 29.8 Å². The summed E-state index contributed by atoms with van der Waals surface area (Å²) in [4.78, 5) is 0.243. The fourth-order valence-corrected chi connectivity index (χ4v) is 3.79. The van der Waals surface area contributed by atoms with Gasteiger partial charge in [0.2, 0.25) is 0 Å². The van der Waals surface area contributed by atoms with Crippen molar-refractivity contribution < 1.29 is 17.3 Å². The average Bonchev–Trinajstić information content (AvgIpc) is 2.42. The number of nitrogens with zero attached hydrogens (tertiary/aromatic N) is 1. The Kier molecular flexibility index (Phi) is 4.52. The standard InChI is InChI=1S/C15H24NO3S/c1-4-16(11-9-14(3)10-12-16)19-20(17,18)15-7-5-13(2)6-8-15/h5-8,14H,4,9-12H2,1-3H3/q+1. The summed E-state index contributed by atoms with van der Waals surface area (Å²) in [6.07, 6.45) is 2.02. The lowest BCUT2D eigenvalue weighted by Gasteiger charge is -2.38. The molecule has 5 heteroatoms. The number of likely N-dealkylation sites (tertiary alicyclic amines) is 1. The quantitative estimate of drug-likeness (QED) is 0.803. The monoisotopic (exact) mass is 298 g/mol. The molecule has 0 amide bonds. The Hall–Kier alpha value is -0.910. The Bertz CT molecular complexity index is 543. The number of piperidine rings is 1. The summed E-state index contributed by atoms with van der Waals surface area (Å²) >= 11 is 0. The van der Waals surface area contributed by atoms with E-state index in [2.05, 4.69) is 6.92 Å². The molecule has 1 aliphatic heterocycles. The molecule has 0 atom stereocenters. The maximum absolute atomic E-state index is 12.4. The number of hydroxylamine groups is 3. The Labute approximate surface area is 122 Å². The van der Waals surface area contributed by atoms with Gasteiger partial charge < -0.3 is 0 Å². The van der Waals surface area contributed by atoms with Gasteiger partial charge in [-0.05, 0) is 31.9 Å². The van der Waals surface area contributed by atoms with Crippen molar-refractivity contribution in [1.82, 2.24) is 0 Å². The molecule has 20 heavy (non-hydrogen) atoms. The van der Waals surface area contributed by atoms with Crippen LogP contribution in [-0.4, -0.2) is 32.7 Å². The van der Waals surface area contributed by atoms with Gasteiger partial charge in [-0.3, -0.25) is 0 Å². The van der Waals surface area contributed by atoms with Crippen molar-refractivity contribution >= 4 is 10.1 Å². The van der Waals surface area contributed by atoms with E-state index in [9.17, 15) is 8.42 Å². The fraction of sp³-hybridized carbons (Fsp3) is 0.600. The van der Waals surface area contributed by atoms with E-state index in [0.29, 0.717) is 12.5 Å². The summed E-state index contributed by atoms with van der Waals surface area (Å²) in [5, 5.41) is 0. The minimum Gasteiger partial charge on any atom is -0.189 e. The molecule has 1 fully saturated rings. The number of aryl methyl sites for hydroxylation is 1. The molecular weight excluding hydrogens is 274 g/mol. The van der Waals surface area contributed by atoms with Crippen molar-refractivity contribution in [1.29, 1.82) is 0 Å². The molecule has 1 aromatic carbocycles. The molecule has 0 unspecified atom stereocenters. The number of benzene rings is 1. The predicted octanol–water partition coefficient (Wildman–Crippen LogP) is 2.88. The van der Waals surface area contributed by atoms with Crippen LogP contribution in [0.3, 0.4) is 0 Å². The largest absolute Gasteiger partial charge is 0.342 e. The molecule has 0 radical (unpaired) electrons. The van der Waals surface area contributed by atoms with Crippen molar-refractivity contribution in [2.75, 3.05) is 19.6 Å². The molecule has 4 nitrogen and oxygen atoms in total. The Morgan fingerprint density at radius 3 is 2.25 bits per heavy atom. The molecule has 1 saturated heterocycles. The second kappa shape index (κ2) is 5.84. The third kappa shape index (κ3) is 3.40. The number of rotatable bonds is 4. The smallest absolute Gasteiger partial charge is 0.189 e. The maximum Gasteiger partial charge on any atom is 0.342 e. The number of hydrogen-bond donors (Lipinski definition) is 0. The SMILES string of the molecule is CC[N+]1(OS(=O)(=O)c2ccc(C)cc2)CCC(C)CC1. The van der Waals surface area contributed by atoms with E-state index >= 15 is 0 Å². The van der Waals surface area contributed by atoms with Crippen LogP contribution in [-0.2, 0) is 14.4 Å². The first kappa shape index (κ1) is 15.5. The van der Waals surface area contributed by atoms with Gasteiger partial charge in [0, 0.05) is 12.8 Å². The summed E-state index contributed by atoms with van der Waals surface area (Å²) in [6.45, 7) is 8.34. The Morgan fingerprint density at radius 2 is 1.75 bits per heavy atom. The van der Waals surface area contributed by atoms with Crippen molar-refractivity contribution in [3.63, 3.8) is 0 Å². The van der Waals surface area contributed by atoms with Crippen molar-refractivity contribution in [3.8, 4) is 0 Å². The van der Waals surface area contributed by atoms with Crippen LogP contribution >= 0.6 is 0 Å². The van der Waals surface area contributed by atoms with E-state index in [1.54, 1.807) is 24.3 Å². The molecule has 0 aromatic heterocycles. The van der Waals surface area contributed by atoms with Gasteiger partial charge in [0.15, 0.2) is 0 Å². The van der Waals surface area contributed by atoms with Gasteiger partial charge in [-0.25, -0.2) is 0 Å². The minimum atomic E-state index is -3.69. The molecule has 1 aromatic rings. The molecule has 0 saturated carbocycles.